The Bertz CT molecular complexity index is 676. The van der Waals surface area contributed by atoms with Gasteiger partial charge in [-0.15, -0.1) is 0 Å². The Morgan fingerprint density at radius 3 is 2.48 bits per heavy atom. The molecular formula is C14H10F4N2O. The molecule has 0 saturated carbocycles. The number of amides is 1. The number of halogens is 4. The summed E-state index contributed by atoms with van der Waals surface area (Å²) < 4.78 is 52.0. The van der Waals surface area contributed by atoms with Gasteiger partial charge in [0, 0.05) is 5.69 Å². The van der Waals surface area contributed by atoms with Crippen molar-refractivity contribution in [3.05, 3.63) is 59.7 Å². The van der Waals surface area contributed by atoms with Gasteiger partial charge in [-0.1, -0.05) is 6.07 Å². The molecule has 21 heavy (non-hydrogen) atoms. The maximum absolute atomic E-state index is 13.3. The molecule has 1 amide bonds. The molecule has 3 nitrogen and oxygen atoms in total. The Morgan fingerprint density at radius 1 is 1.00 bits per heavy atom. The summed E-state index contributed by atoms with van der Waals surface area (Å²) >= 11 is 0. The van der Waals surface area contributed by atoms with Gasteiger partial charge < -0.3 is 10.6 Å². The molecule has 0 aliphatic heterocycles. The van der Waals surface area contributed by atoms with E-state index in [-0.39, 0.29) is 6.54 Å². The van der Waals surface area contributed by atoms with E-state index in [0.717, 1.165) is 6.07 Å². The van der Waals surface area contributed by atoms with Gasteiger partial charge >= 0.3 is 0 Å². The van der Waals surface area contributed by atoms with Crippen LogP contribution in [0.5, 0.6) is 0 Å². The Labute approximate surface area is 117 Å². The fourth-order valence-electron chi connectivity index (χ4n) is 1.60. The molecule has 0 aliphatic rings. The number of carbonyl (C=O) groups is 1. The second-order valence-corrected chi connectivity index (χ2v) is 4.13. The lowest BCUT2D eigenvalue weighted by Crippen LogP contribution is -2.22. The summed E-state index contributed by atoms with van der Waals surface area (Å²) in [5.41, 5.74) is -0.115. The van der Waals surface area contributed by atoms with Crippen LogP contribution in [0.2, 0.25) is 0 Å². The molecule has 2 rings (SSSR count). The number of hydrogen-bond acceptors (Lipinski definition) is 2. The number of carbonyl (C=O) groups excluding carboxylic acids is 1. The molecule has 0 aromatic heterocycles. The van der Waals surface area contributed by atoms with Crippen LogP contribution in [-0.4, -0.2) is 12.5 Å². The molecule has 0 aliphatic carbocycles. The number of hydrogen-bond donors (Lipinski definition) is 2. The molecule has 0 radical (unpaired) electrons. The van der Waals surface area contributed by atoms with E-state index in [0.29, 0.717) is 11.8 Å². The molecule has 110 valence electrons. The standard InChI is InChI=1S/C14H10F4N2O/c15-8-2-1-3-9(6-8)19-7-12(21)20-11-5-4-10(16)13(17)14(11)18/h1-6,19H,7H2,(H,20,21). The number of nitrogens with one attached hydrogen (secondary N) is 2. The van der Waals surface area contributed by atoms with Gasteiger partial charge in [0.15, 0.2) is 17.5 Å². The van der Waals surface area contributed by atoms with Crippen molar-refractivity contribution in [1.82, 2.24) is 0 Å². The van der Waals surface area contributed by atoms with Crippen molar-refractivity contribution in [2.45, 2.75) is 0 Å². The predicted octanol–water partition coefficient (Wildman–Crippen LogP) is 3.29. The summed E-state index contributed by atoms with van der Waals surface area (Å²) in [6, 6.07) is 7.01. The monoisotopic (exact) mass is 298 g/mol. The van der Waals surface area contributed by atoms with Gasteiger partial charge in [0.05, 0.1) is 12.2 Å². The molecule has 2 aromatic rings. The average Bonchev–Trinajstić information content (AvgIpc) is 2.46. The molecule has 0 spiro atoms. The summed E-state index contributed by atoms with van der Waals surface area (Å²) in [4.78, 5) is 11.6. The second-order valence-electron chi connectivity index (χ2n) is 4.13. The van der Waals surface area contributed by atoms with E-state index in [1.807, 2.05) is 0 Å². The molecular weight excluding hydrogens is 288 g/mol. The summed E-state index contributed by atoms with van der Waals surface area (Å²) in [5, 5.41) is 4.69. The molecule has 0 unspecified atom stereocenters. The summed E-state index contributed by atoms with van der Waals surface area (Å²) in [6.45, 7) is -0.290. The first-order chi connectivity index (χ1) is 9.97. The molecule has 7 heteroatoms. The van der Waals surface area contributed by atoms with Crippen LogP contribution in [0.15, 0.2) is 36.4 Å². The lowest BCUT2D eigenvalue weighted by molar-refractivity contribution is -0.114. The van der Waals surface area contributed by atoms with Crippen LogP contribution in [-0.2, 0) is 4.79 Å². The first kappa shape index (κ1) is 14.8. The third-order valence-corrected chi connectivity index (χ3v) is 2.59. The predicted molar refractivity (Wildman–Crippen MR) is 69.8 cm³/mol. The van der Waals surface area contributed by atoms with Crippen molar-refractivity contribution < 1.29 is 22.4 Å². The average molecular weight is 298 g/mol. The van der Waals surface area contributed by atoms with E-state index in [1.54, 1.807) is 0 Å². The van der Waals surface area contributed by atoms with Gasteiger partial charge in [-0.05, 0) is 30.3 Å². The molecule has 0 fully saturated rings. The number of anilines is 2. The van der Waals surface area contributed by atoms with Gasteiger partial charge in [0.2, 0.25) is 5.91 Å². The van der Waals surface area contributed by atoms with Crippen molar-refractivity contribution in [2.24, 2.45) is 0 Å². The minimum atomic E-state index is -1.66. The van der Waals surface area contributed by atoms with Gasteiger partial charge in [-0.25, -0.2) is 17.6 Å². The quantitative estimate of drug-likeness (QED) is 0.672. The number of rotatable bonds is 4. The highest BCUT2D eigenvalue weighted by atomic mass is 19.2. The maximum Gasteiger partial charge on any atom is 0.243 e. The zero-order valence-corrected chi connectivity index (χ0v) is 10.6. The second kappa shape index (κ2) is 6.25. The van der Waals surface area contributed by atoms with Gasteiger partial charge in [-0.2, -0.15) is 0 Å². The SMILES string of the molecule is O=C(CNc1cccc(F)c1)Nc1ccc(F)c(F)c1F. The summed E-state index contributed by atoms with van der Waals surface area (Å²) in [5.74, 6) is -5.65. The van der Waals surface area contributed by atoms with Crippen LogP contribution in [0, 0.1) is 23.3 Å². The van der Waals surface area contributed by atoms with E-state index >= 15 is 0 Å². The third kappa shape index (κ3) is 3.71. The molecule has 0 saturated heterocycles. The third-order valence-electron chi connectivity index (χ3n) is 2.59. The van der Waals surface area contributed by atoms with Crippen LogP contribution in [0.25, 0.3) is 0 Å². The van der Waals surface area contributed by atoms with E-state index in [2.05, 4.69) is 10.6 Å². The van der Waals surface area contributed by atoms with Crippen LogP contribution in [0.1, 0.15) is 0 Å². The largest absolute Gasteiger partial charge is 0.376 e. The van der Waals surface area contributed by atoms with Gasteiger partial charge in [0.25, 0.3) is 0 Å². The first-order valence-corrected chi connectivity index (χ1v) is 5.90. The minimum absolute atomic E-state index is 0.290. The lowest BCUT2D eigenvalue weighted by Gasteiger charge is -2.09. The summed E-state index contributed by atoms with van der Waals surface area (Å²) in [6.07, 6.45) is 0. The molecule has 2 N–H and O–H groups in total. The first-order valence-electron chi connectivity index (χ1n) is 5.90. The van der Waals surface area contributed by atoms with Gasteiger partial charge in [0.1, 0.15) is 5.82 Å². The highest BCUT2D eigenvalue weighted by Crippen LogP contribution is 2.19. The molecule has 0 heterocycles. The lowest BCUT2D eigenvalue weighted by atomic mass is 10.2. The smallest absolute Gasteiger partial charge is 0.243 e. The van der Waals surface area contributed by atoms with Crippen LogP contribution in [0.4, 0.5) is 28.9 Å². The Balaban J connectivity index is 1.98. The normalized spacial score (nSPS) is 10.3. The van der Waals surface area contributed by atoms with Crippen molar-refractivity contribution >= 4 is 17.3 Å². The van der Waals surface area contributed by atoms with Crippen molar-refractivity contribution in [3.8, 4) is 0 Å². The van der Waals surface area contributed by atoms with Crippen LogP contribution < -0.4 is 10.6 Å². The van der Waals surface area contributed by atoms with E-state index in [4.69, 9.17) is 0 Å². The van der Waals surface area contributed by atoms with Gasteiger partial charge in [-0.3, -0.25) is 4.79 Å². The maximum atomic E-state index is 13.3. The van der Waals surface area contributed by atoms with Crippen LogP contribution in [0.3, 0.4) is 0 Å². The molecule has 0 atom stereocenters. The van der Waals surface area contributed by atoms with Crippen molar-refractivity contribution in [1.29, 1.82) is 0 Å². The van der Waals surface area contributed by atoms with E-state index < -0.39 is 34.9 Å². The molecule has 0 bridgehead atoms. The molecule has 2 aromatic carbocycles. The fraction of sp³-hybridized carbons (Fsp3) is 0.0714. The van der Waals surface area contributed by atoms with Crippen LogP contribution >= 0.6 is 0 Å². The number of benzene rings is 2. The zero-order valence-electron chi connectivity index (χ0n) is 10.6. The highest BCUT2D eigenvalue weighted by molar-refractivity contribution is 5.93. The van der Waals surface area contributed by atoms with Crippen molar-refractivity contribution in [2.75, 3.05) is 17.2 Å². The Kier molecular flexibility index (Phi) is 4.42. The van der Waals surface area contributed by atoms with Crippen molar-refractivity contribution in [3.63, 3.8) is 0 Å². The Hall–Kier alpha value is -2.57. The van der Waals surface area contributed by atoms with E-state index in [1.165, 1.54) is 24.3 Å². The topological polar surface area (TPSA) is 41.1 Å². The van der Waals surface area contributed by atoms with E-state index in [9.17, 15) is 22.4 Å². The minimum Gasteiger partial charge on any atom is -0.376 e. The fourth-order valence-corrected chi connectivity index (χ4v) is 1.60. The Morgan fingerprint density at radius 2 is 1.76 bits per heavy atom. The zero-order chi connectivity index (χ0) is 15.4. The summed E-state index contributed by atoms with van der Waals surface area (Å²) in [7, 11) is 0. The highest BCUT2D eigenvalue weighted by Gasteiger charge is 2.15.